The molecule has 6 heteroatoms. The lowest BCUT2D eigenvalue weighted by atomic mass is 10.2. The summed E-state index contributed by atoms with van der Waals surface area (Å²) < 4.78 is 8.47. The Hall–Kier alpha value is -0.600. The van der Waals surface area contributed by atoms with Crippen molar-refractivity contribution in [1.82, 2.24) is 4.98 Å². The summed E-state index contributed by atoms with van der Waals surface area (Å²) in [5.41, 5.74) is 8.92. The number of nitrogens with two attached hydrogens (primary N) is 1. The van der Waals surface area contributed by atoms with Gasteiger partial charge in [-0.05, 0) is 78.7 Å². The van der Waals surface area contributed by atoms with Crippen molar-refractivity contribution < 1.29 is 4.42 Å². The van der Waals surface area contributed by atoms with Crippen LogP contribution in [0, 0.1) is 3.57 Å². The zero-order valence-electron chi connectivity index (χ0n) is 9.45. The molecule has 0 spiro atoms. The maximum absolute atomic E-state index is 5.94. The topological polar surface area (TPSA) is 52.0 Å². The minimum Gasteiger partial charge on any atom is -0.435 e. The Morgan fingerprint density at radius 2 is 2.00 bits per heavy atom. The van der Waals surface area contributed by atoms with Crippen LogP contribution in [0.3, 0.4) is 0 Å². The summed E-state index contributed by atoms with van der Waals surface area (Å²) in [5.74, 6) is 0.590. The zero-order chi connectivity index (χ0) is 13.6. The Balaban J connectivity index is 2.25. The van der Waals surface area contributed by atoms with Gasteiger partial charge in [0, 0.05) is 13.6 Å². The lowest BCUT2D eigenvalue weighted by molar-refractivity contribution is 0.618. The number of oxazole rings is 1. The van der Waals surface area contributed by atoms with Gasteiger partial charge in [0.1, 0.15) is 5.52 Å². The van der Waals surface area contributed by atoms with Gasteiger partial charge in [0.2, 0.25) is 5.89 Å². The second kappa shape index (κ2) is 5.06. The Labute approximate surface area is 140 Å². The van der Waals surface area contributed by atoms with E-state index >= 15 is 0 Å². The molecule has 1 heterocycles. The van der Waals surface area contributed by atoms with Gasteiger partial charge in [-0.3, -0.25) is 0 Å². The van der Waals surface area contributed by atoms with E-state index in [0.29, 0.717) is 17.2 Å². The highest BCUT2D eigenvalue weighted by Gasteiger charge is 2.15. The predicted molar refractivity (Wildman–Crippen MR) is 92.0 cm³/mol. The maximum atomic E-state index is 5.94. The van der Waals surface area contributed by atoms with Gasteiger partial charge in [0.05, 0.1) is 10.2 Å². The lowest BCUT2D eigenvalue weighted by Crippen LogP contribution is -1.88. The number of nitrogens with zero attached hydrogens (tertiary/aromatic N) is 1. The second-order valence-corrected chi connectivity index (χ2v) is 6.86. The molecule has 96 valence electrons. The van der Waals surface area contributed by atoms with Crippen LogP contribution in [0.1, 0.15) is 0 Å². The van der Waals surface area contributed by atoms with E-state index in [1.54, 1.807) is 0 Å². The van der Waals surface area contributed by atoms with Crippen LogP contribution in [-0.4, -0.2) is 4.98 Å². The third kappa shape index (κ3) is 2.41. The lowest BCUT2D eigenvalue weighted by Gasteiger charge is -2.00. The minimum absolute atomic E-state index is 0.590. The fourth-order valence-corrected chi connectivity index (χ4v) is 3.48. The number of rotatable bonds is 1. The van der Waals surface area contributed by atoms with Crippen LogP contribution < -0.4 is 5.73 Å². The van der Waals surface area contributed by atoms with Crippen LogP contribution in [0.4, 0.5) is 5.69 Å². The monoisotopic (exact) mass is 492 g/mol. The molecule has 0 bridgehead atoms. The maximum Gasteiger partial charge on any atom is 0.227 e. The number of anilines is 1. The van der Waals surface area contributed by atoms with Crippen molar-refractivity contribution in [1.29, 1.82) is 0 Å². The van der Waals surface area contributed by atoms with Crippen LogP contribution in [0.2, 0.25) is 0 Å². The van der Waals surface area contributed by atoms with E-state index in [2.05, 4.69) is 59.4 Å². The molecule has 19 heavy (non-hydrogen) atoms. The Bertz CT molecular complexity index is 786. The van der Waals surface area contributed by atoms with E-state index in [1.807, 2.05) is 30.3 Å². The van der Waals surface area contributed by atoms with Crippen molar-refractivity contribution in [2.75, 3.05) is 5.73 Å². The normalized spacial score (nSPS) is 11.1. The highest BCUT2D eigenvalue weighted by atomic mass is 127. The largest absolute Gasteiger partial charge is 0.435 e. The van der Waals surface area contributed by atoms with Crippen LogP contribution in [0.5, 0.6) is 0 Å². The molecule has 0 amide bonds. The molecule has 2 N–H and O–H groups in total. The summed E-state index contributed by atoms with van der Waals surface area (Å²) >= 11 is 9.11. The van der Waals surface area contributed by atoms with Crippen molar-refractivity contribution in [3.05, 3.63) is 42.8 Å². The Morgan fingerprint density at radius 1 is 1.21 bits per heavy atom. The van der Waals surface area contributed by atoms with Crippen molar-refractivity contribution in [3.8, 4) is 11.5 Å². The number of fused-ring (bicyclic) bond motifs is 1. The van der Waals surface area contributed by atoms with Gasteiger partial charge < -0.3 is 10.2 Å². The fraction of sp³-hybridized carbons (Fsp3) is 0. The molecular formula is C13H7Br2IN2O. The summed E-state index contributed by atoms with van der Waals surface area (Å²) in [4.78, 5) is 4.50. The number of benzene rings is 2. The molecule has 3 aromatic rings. The van der Waals surface area contributed by atoms with E-state index in [0.717, 1.165) is 23.6 Å². The number of hydrogen-bond donors (Lipinski definition) is 1. The van der Waals surface area contributed by atoms with Crippen molar-refractivity contribution in [2.24, 2.45) is 0 Å². The summed E-state index contributed by atoms with van der Waals surface area (Å²) in [6.45, 7) is 0. The van der Waals surface area contributed by atoms with Gasteiger partial charge in [-0.1, -0.05) is 6.07 Å². The molecule has 0 saturated heterocycles. The molecule has 0 aliphatic heterocycles. The third-order valence-corrected chi connectivity index (χ3v) is 4.80. The van der Waals surface area contributed by atoms with E-state index < -0.39 is 0 Å². The molecule has 1 aromatic heterocycles. The van der Waals surface area contributed by atoms with Crippen molar-refractivity contribution in [2.45, 2.75) is 0 Å². The van der Waals surface area contributed by atoms with Crippen molar-refractivity contribution >= 4 is 71.2 Å². The van der Waals surface area contributed by atoms with Gasteiger partial charge in [-0.15, -0.1) is 0 Å². The molecule has 0 fully saturated rings. The summed E-state index contributed by atoms with van der Waals surface area (Å²) in [7, 11) is 0. The van der Waals surface area contributed by atoms with Crippen LogP contribution in [0.25, 0.3) is 22.6 Å². The molecule has 0 aliphatic carbocycles. The Morgan fingerprint density at radius 3 is 2.74 bits per heavy atom. The molecule has 0 saturated carbocycles. The van der Waals surface area contributed by atoms with Gasteiger partial charge in [-0.2, -0.15) is 0 Å². The molecule has 0 unspecified atom stereocenters. The highest BCUT2D eigenvalue weighted by Crippen LogP contribution is 2.37. The first-order chi connectivity index (χ1) is 9.06. The number of aromatic nitrogens is 1. The third-order valence-electron chi connectivity index (χ3n) is 2.68. The quantitative estimate of drug-likeness (QED) is 0.374. The van der Waals surface area contributed by atoms with Gasteiger partial charge in [0.25, 0.3) is 0 Å². The first-order valence-electron chi connectivity index (χ1n) is 5.36. The van der Waals surface area contributed by atoms with Crippen LogP contribution in [0.15, 0.2) is 43.7 Å². The average Bonchev–Trinajstić information content (AvgIpc) is 2.80. The van der Waals surface area contributed by atoms with Crippen LogP contribution >= 0.6 is 54.5 Å². The van der Waals surface area contributed by atoms with Gasteiger partial charge in [-0.25, -0.2) is 4.98 Å². The highest BCUT2D eigenvalue weighted by molar-refractivity contribution is 14.1. The molecule has 0 radical (unpaired) electrons. The van der Waals surface area contributed by atoms with Crippen LogP contribution in [-0.2, 0) is 0 Å². The van der Waals surface area contributed by atoms with E-state index in [9.17, 15) is 0 Å². The summed E-state index contributed by atoms with van der Waals surface area (Å²) in [6, 6.07) is 9.86. The fourth-order valence-electron chi connectivity index (χ4n) is 1.76. The molecule has 3 nitrogen and oxygen atoms in total. The average molecular weight is 494 g/mol. The zero-order valence-corrected chi connectivity index (χ0v) is 14.8. The van der Waals surface area contributed by atoms with E-state index in [-0.39, 0.29) is 0 Å². The van der Waals surface area contributed by atoms with E-state index in [4.69, 9.17) is 10.2 Å². The SMILES string of the molecule is Nc1c(Br)cc2nc(-c3cccc(I)c3)oc2c1Br. The van der Waals surface area contributed by atoms with Crippen molar-refractivity contribution in [3.63, 3.8) is 0 Å². The smallest absolute Gasteiger partial charge is 0.227 e. The molecular weight excluding hydrogens is 487 g/mol. The number of halogens is 3. The van der Waals surface area contributed by atoms with Gasteiger partial charge >= 0.3 is 0 Å². The number of hydrogen-bond acceptors (Lipinski definition) is 3. The standard InChI is InChI=1S/C13H7Br2IN2O/c14-8-5-9-12(10(15)11(8)17)19-13(18-9)6-2-1-3-7(16)4-6/h1-5H,17H2. The second-order valence-electron chi connectivity index (χ2n) is 3.96. The molecule has 3 rings (SSSR count). The summed E-state index contributed by atoms with van der Waals surface area (Å²) in [6.07, 6.45) is 0. The van der Waals surface area contributed by atoms with Gasteiger partial charge in [0.15, 0.2) is 5.58 Å². The first-order valence-corrected chi connectivity index (χ1v) is 8.02. The first kappa shape index (κ1) is 13.4. The molecule has 0 atom stereocenters. The molecule has 0 aliphatic rings. The number of nitrogen functional groups attached to an aromatic ring is 1. The predicted octanol–water partition coefficient (Wildman–Crippen LogP) is 5.21. The van der Waals surface area contributed by atoms with E-state index in [1.165, 1.54) is 0 Å². The minimum atomic E-state index is 0.590. The Kier molecular flexibility index (Phi) is 3.57. The molecule has 2 aromatic carbocycles. The summed E-state index contributed by atoms with van der Waals surface area (Å²) in [5, 5.41) is 0.